The molecule has 4 aromatic rings. The molecule has 32 heavy (non-hydrogen) atoms. The zero-order valence-electron chi connectivity index (χ0n) is 17.0. The summed E-state index contributed by atoms with van der Waals surface area (Å²) in [5, 5.41) is 5.39. The van der Waals surface area contributed by atoms with Gasteiger partial charge in [-0.3, -0.25) is 9.52 Å². The molecule has 0 aliphatic carbocycles. The fourth-order valence-corrected chi connectivity index (χ4v) is 4.73. The van der Waals surface area contributed by atoms with Gasteiger partial charge in [-0.15, -0.1) is 11.3 Å². The molecule has 0 aliphatic heterocycles. The van der Waals surface area contributed by atoms with Gasteiger partial charge in [0.2, 0.25) is 0 Å². The number of anilines is 2. The molecule has 0 spiro atoms. The van der Waals surface area contributed by atoms with E-state index in [0.29, 0.717) is 5.69 Å². The first-order valence-electron chi connectivity index (χ1n) is 9.43. The van der Waals surface area contributed by atoms with Gasteiger partial charge in [-0.1, -0.05) is 0 Å². The highest BCUT2D eigenvalue weighted by atomic mass is 32.2. The molecular weight excluding hydrogens is 453 g/mol. The molecule has 4 N–H and O–H groups in total. The Kier molecular flexibility index (Phi) is 6.01. The highest BCUT2D eigenvalue weighted by Gasteiger charge is 2.13. The second-order valence-corrected chi connectivity index (χ2v) is 9.16. The Morgan fingerprint density at radius 3 is 2.53 bits per heavy atom. The number of H-pyrrole nitrogens is 1. The molecular formula is C21H18FN5O3S2. The molecule has 11 heteroatoms. The minimum atomic E-state index is -0.655. The Labute approximate surface area is 189 Å². The molecule has 0 saturated carbocycles. The smallest absolute Gasteiger partial charge is 0.333 e. The van der Waals surface area contributed by atoms with E-state index in [1.807, 2.05) is 19.1 Å². The maximum atomic E-state index is 14.1. The van der Waals surface area contributed by atoms with Gasteiger partial charge < -0.3 is 15.6 Å². The third-order valence-corrected chi connectivity index (χ3v) is 6.52. The molecule has 2 amide bonds. The van der Waals surface area contributed by atoms with Crippen molar-refractivity contribution in [2.45, 2.75) is 11.1 Å². The molecule has 8 nitrogen and oxygen atoms in total. The van der Waals surface area contributed by atoms with Crippen molar-refractivity contribution in [3.05, 3.63) is 80.1 Å². The van der Waals surface area contributed by atoms with Crippen molar-refractivity contribution in [2.75, 3.05) is 17.7 Å². The lowest BCUT2D eigenvalue weighted by molar-refractivity contribution is 0.257. The molecule has 0 unspecified atom stereocenters. The number of hydrogen-bond donors (Lipinski definition) is 4. The summed E-state index contributed by atoms with van der Waals surface area (Å²) < 4.78 is 18.7. The predicted octanol–water partition coefficient (Wildman–Crippen LogP) is 4.06. The van der Waals surface area contributed by atoms with Gasteiger partial charge in [-0.05, 0) is 67.4 Å². The van der Waals surface area contributed by atoms with Crippen LogP contribution in [0.5, 0.6) is 0 Å². The third-order valence-electron chi connectivity index (χ3n) is 4.60. The Morgan fingerprint density at radius 1 is 1.12 bits per heavy atom. The van der Waals surface area contributed by atoms with Crippen molar-refractivity contribution in [1.29, 1.82) is 0 Å². The van der Waals surface area contributed by atoms with E-state index < -0.39 is 23.1 Å². The van der Waals surface area contributed by atoms with E-state index in [1.165, 1.54) is 30.1 Å². The Hall–Kier alpha value is -3.57. The van der Waals surface area contributed by atoms with Crippen LogP contribution in [0.15, 0.2) is 62.3 Å². The molecule has 0 radical (unpaired) electrons. The summed E-state index contributed by atoms with van der Waals surface area (Å²) in [5.41, 5.74) is -0.139. The van der Waals surface area contributed by atoms with Crippen LogP contribution >= 0.6 is 23.3 Å². The SMILES string of the molecule is CNc1cc2[nH]c(=O)n(-c3ccc(NC(=O)NSc4ccc(C)s4)cc3)c(=O)c2cc1F. The molecule has 2 heterocycles. The number of nitrogens with one attached hydrogen (secondary N) is 4. The lowest BCUT2D eigenvalue weighted by Gasteiger charge is -2.10. The molecule has 2 aromatic carbocycles. The van der Waals surface area contributed by atoms with E-state index in [-0.39, 0.29) is 22.3 Å². The first-order chi connectivity index (χ1) is 15.4. The number of aromatic amines is 1. The zero-order valence-corrected chi connectivity index (χ0v) is 18.6. The van der Waals surface area contributed by atoms with Gasteiger partial charge in [-0.25, -0.2) is 18.5 Å². The number of fused-ring (bicyclic) bond motifs is 1. The Bertz CT molecular complexity index is 1430. The summed E-state index contributed by atoms with van der Waals surface area (Å²) in [6.07, 6.45) is 0. The number of thiophene rings is 1. The van der Waals surface area contributed by atoms with Crippen molar-refractivity contribution in [2.24, 2.45) is 0 Å². The standard InChI is InChI=1S/C21H18FN5O3S2/c1-11-3-8-18(31-11)32-26-20(29)24-12-4-6-13(7-5-12)27-19(28)14-9-15(22)17(23-2)10-16(14)25-21(27)30/h3-10,23H,1-2H3,(H,25,30)(H2,24,26,29). The predicted molar refractivity (Wildman–Crippen MR) is 127 cm³/mol. The van der Waals surface area contributed by atoms with Crippen LogP contribution in [0.25, 0.3) is 16.6 Å². The molecule has 164 valence electrons. The number of carbonyl (C=O) groups is 1. The van der Waals surface area contributed by atoms with E-state index in [4.69, 9.17) is 0 Å². The van der Waals surface area contributed by atoms with Crippen LogP contribution in [0.2, 0.25) is 0 Å². The third kappa shape index (κ3) is 4.39. The second-order valence-electron chi connectivity index (χ2n) is 6.77. The van der Waals surface area contributed by atoms with Crippen LogP contribution < -0.4 is 26.6 Å². The molecule has 0 saturated heterocycles. The highest BCUT2D eigenvalue weighted by Crippen LogP contribution is 2.24. The van der Waals surface area contributed by atoms with Gasteiger partial charge in [-0.2, -0.15) is 0 Å². The number of urea groups is 1. The molecule has 0 atom stereocenters. The van der Waals surface area contributed by atoms with E-state index in [9.17, 15) is 18.8 Å². The Morgan fingerprint density at radius 2 is 1.88 bits per heavy atom. The van der Waals surface area contributed by atoms with Crippen molar-refractivity contribution in [3.8, 4) is 5.69 Å². The van der Waals surface area contributed by atoms with E-state index >= 15 is 0 Å². The summed E-state index contributed by atoms with van der Waals surface area (Å²) in [5.74, 6) is -0.600. The molecule has 0 fully saturated rings. The van der Waals surface area contributed by atoms with Gasteiger partial charge >= 0.3 is 11.7 Å². The first-order valence-corrected chi connectivity index (χ1v) is 11.1. The number of aryl methyl sites for hydroxylation is 1. The minimum absolute atomic E-state index is 0.0449. The normalized spacial score (nSPS) is 10.8. The number of benzene rings is 2. The summed E-state index contributed by atoms with van der Waals surface area (Å²) in [6.45, 7) is 1.98. The van der Waals surface area contributed by atoms with E-state index in [2.05, 4.69) is 20.3 Å². The fraction of sp³-hybridized carbons (Fsp3) is 0.0952. The lowest BCUT2D eigenvalue weighted by atomic mass is 10.2. The van der Waals surface area contributed by atoms with Crippen LogP contribution in [-0.2, 0) is 0 Å². The number of halogens is 1. The molecule has 4 rings (SSSR count). The molecule has 0 aliphatic rings. The van der Waals surface area contributed by atoms with Crippen molar-refractivity contribution < 1.29 is 9.18 Å². The van der Waals surface area contributed by atoms with Crippen molar-refractivity contribution >= 4 is 51.6 Å². The van der Waals surface area contributed by atoms with Crippen molar-refractivity contribution in [1.82, 2.24) is 14.3 Å². The molecule has 0 bridgehead atoms. The summed E-state index contributed by atoms with van der Waals surface area (Å²) in [4.78, 5) is 41.2. The van der Waals surface area contributed by atoms with Crippen LogP contribution in [0, 0.1) is 12.7 Å². The summed E-state index contributed by atoms with van der Waals surface area (Å²) in [7, 11) is 1.54. The van der Waals surface area contributed by atoms with Gasteiger partial charge in [0.15, 0.2) is 0 Å². The van der Waals surface area contributed by atoms with Crippen LogP contribution in [0.1, 0.15) is 4.88 Å². The maximum absolute atomic E-state index is 14.1. The largest absolute Gasteiger partial charge is 0.386 e. The van der Waals surface area contributed by atoms with Gasteiger partial charge in [0, 0.05) is 17.6 Å². The quantitative estimate of drug-likeness (QED) is 0.328. The second kappa shape index (κ2) is 8.89. The minimum Gasteiger partial charge on any atom is -0.386 e. The van der Waals surface area contributed by atoms with Gasteiger partial charge in [0.1, 0.15) is 5.82 Å². The summed E-state index contributed by atoms with van der Waals surface area (Å²) in [6, 6.07) is 12.1. The number of hydrogen-bond acceptors (Lipinski definition) is 6. The topological polar surface area (TPSA) is 108 Å². The fourth-order valence-electron chi connectivity index (χ4n) is 3.08. The first kappa shape index (κ1) is 21.7. The van der Waals surface area contributed by atoms with Gasteiger partial charge in [0.05, 0.1) is 26.5 Å². The monoisotopic (exact) mass is 471 g/mol. The average Bonchev–Trinajstić information content (AvgIpc) is 3.19. The molecule has 2 aromatic heterocycles. The Balaban J connectivity index is 1.55. The summed E-state index contributed by atoms with van der Waals surface area (Å²) >= 11 is 2.78. The number of nitrogens with zero attached hydrogens (tertiary/aromatic N) is 1. The zero-order chi connectivity index (χ0) is 22.8. The maximum Gasteiger partial charge on any atom is 0.333 e. The average molecular weight is 472 g/mol. The van der Waals surface area contributed by atoms with Crippen LogP contribution in [0.4, 0.5) is 20.6 Å². The van der Waals surface area contributed by atoms with Crippen LogP contribution in [0.3, 0.4) is 0 Å². The van der Waals surface area contributed by atoms with Gasteiger partial charge in [0.25, 0.3) is 5.56 Å². The van der Waals surface area contributed by atoms with E-state index in [1.54, 1.807) is 30.5 Å². The van der Waals surface area contributed by atoms with Crippen LogP contribution in [-0.4, -0.2) is 22.6 Å². The van der Waals surface area contributed by atoms with E-state index in [0.717, 1.165) is 19.7 Å². The highest BCUT2D eigenvalue weighted by molar-refractivity contribution is 7.99. The van der Waals surface area contributed by atoms with Crippen molar-refractivity contribution in [3.63, 3.8) is 0 Å². The lowest BCUT2D eigenvalue weighted by Crippen LogP contribution is -2.33. The number of amides is 2. The number of rotatable bonds is 5. The number of aromatic nitrogens is 2. The number of carbonyl (C=O) groups excluding carboxylic acids is 1.